The molecule has 0 spiro atoms. The summed E-state index contributed by atoms with van der Waals surface area (Å²) in [6.07, 6.45) is 2.02. The van der Waals surface area contributed by atoms with Crippen LogP contribution in [0.2, 0.25) is 0 Å². The molecule has 3 N–H and O–H groups in total. The van der Waals surface area contributed by atoms with E-state index in [1.165, 1.54) is 0 Å². The molecule has 0 radical (unpaired) electrons. The molecule has 3 aromatic rings. The fourth-order valence-electron chi connectivity index (χ4n) is 2.92. The highest BCUT2D eigenvalue weighted by molar-refractivity contribution is 5.92. The number of hydrogen-bond acceptors (Lipinski definition) is 4. The zero-order valence-corrected chi connectivity index (χ0v) is 16.5. The van der Waals surface area contributed by atoms with Crippen molar-refractivity contribution in [2.24, 2.45) is 0 Å². The second-order valence-corrected chi connectivity index (χ2v) is 6.74. The molecule has 0 aliphatic rings. The molecule has 150 valence electrons. The number of hydrogen-bond donors (Lipinski definition) is 3. The van der Waals surface area contributed by atoms with E-state index in [9.17, 15) is 9.90 Å². The molecule has 0 amide bonds. The molecule has 0 aliphatic carbocycles. The fraction of sp³-hybridized carbons (Fsp3) is 0.208. The van der Waals surface area contributed by atoms with Crippen molar-refractivity contribution in [1.82, 2.24) is 0 Å². The minimum Gasteiger partial charge on any atom is -0.478 e. The molecule has 0 heterocycles. The van der Waals surface area contributed by atoms with Gasteiger partial charge in [-0.3, -0.25) is 0 Å². The van der Waals surface area contributed by atoms with Gasteiger partial charge in [0.2, 0.25) is 0 Å². The zero-order valence-electron chi connectivity index (χ0n) is 16.5. The van der Waals surface area contributed by atoms with Crippen molar-refractivity contribution in [2.45, 2.75) is 26.3 Å². The van der Waals surface area contributed by atoms with Gasteiger partial charge in [-0.1, -0.05) is 61.9 Å². The zero-order chi connectivity index (χ0) is 20.5. The summed E-state index contributed by atoms with van der Waals surface area (Å²) in [6, 6.07) is 22.7. The maximum absolute atomic E-state index is 11.7. The van der Waals surface area contributed by atoms with Gasteiger partial charge in [0.15, 0.2) is 5.75 Å². The molecule has 0 bridgehead atoms. The topological polar surface area (TPSA) is 70.6 Å². The van der Waals surface area contributed by atoms with Crippen LogP contribution in [-0.4, -0.2) is 17.6 Å². The summed E-state index contributed by atoms with van der Waals surface area (Å²) in [5.74, 6) is 0.308. The standard InChI is InChI=1S/C24H26N2O3/c1-2-3-14-25-21-15-19(24(27)28)16-22(26-17-18-10-6-4-7-11-18)23(21)29-20-12-8-5-9-13-20/h4-13,15-16,25-26H,2-3,14,17H2,1H3,(H,27,28). The van der Waals surface area contributed by atoms with Crippen LogP contribution in [0.15, 0.2) is 72.8 Å². The SMILES string of the molecule is CCCCNc1cc(C(=O)O)cc(NCc2ccccc2)c1Oc1ccccc1. The summed E-state index contributed by atoms with van der Waals surface area (Å²) in [5, 5.41) is 16.3. The van der Waals surface area contributed by atoms with Gasteiger partial charge in [0.25, 0.3) is 0 Å². The molecule has 0 saturated heterocycles. The number of aromatic carboxylic acids is 1. The van der Waals surface area contributed by atoms with Crippen LogP contribution >= 0.6 is 0 Å². The van der Waals surface area contributed by atoms with Crippen molar-refractivity contribution in [3.8, 4) is 11.5 Å². The number of rotatable bonds is 10. The predicted molar refractivity (Wildman–Crippen MR) is 117 cm³/mol. The number of carbonyl (C=O) groups is 1. The van der Waals surface area contributed by atoms with Crippen LogP contribution < -0.4 is 15.4 Å². The quantitative estimate of drug-likeness (QED) is 0.370. The maximum atomic E-state index is 11.7. The molecule has 0 aromatic heterocycles. The average molecular weight is 390 g/mol. The first kappa shape index (κ1) is 20.3. The second kappa shape index (κ2) is 10.2. The molecule has 3 rings (SSSR count). The number of carboxylic acid groups (broad SMARTS) is 1. The highest BCUT2D eigenvalue weighted by atomic mass is 16.5. The number of ether oxygens (including phenoxy) is 1. The van der Waals surface area contributed by atoms with Crippen LogP contribution in [0.3, 0.4) is 0 Å². The Labute approximate surface area is 171 Å². The van der Waals surface area contributed by atoms with Gasteiger partial charge in [-0.25, -0.2) is 4.79 Å². The number of para-hydroxylation sites is 1. The smallest absolute Gasteiger partial charge is 0.335 e. The van der Waals surface area contributed by atoms with Crippen molar-refractivity contribution in [2.75, 3.05) is 17.2 Å². The van der Waals surface area contributed by atoms with Gasteiger partial charge < -0.3 is 20.5 Å². The van der Waals surface area contributed by atoms with Crippen molar-refractivity contribution >= 4 is 17.3 Å². The molecule has 0 fully saturated rings. The van der Waals surface area contributed by atoms with Crippen molar-refractivity contribution in [3.05, 3.63) is 83.9 Å². The third kappa shape index (κ3) is 5.75. The van der Waals surface area contributed by atoms with Crippen LogP contribution in [0.1, 0.15) is 35.7 Å². The van der Waals surface area contributed by atoms with E-state index >= 15 is 0 Å². The summed E-state index contributed by atoms with van der Waals surface area (Å²) in [4.78, 5) is 11.7. The fourth-order valence-corrected chi connectivity index (χ4v) is 2.92. The molecule has 3 aromatic carbocycles. The summed E-state index contributed by atoms with van der Waals surface area (Å²) in [5.41, 5.74) is 2.61. The Morgan fingerprint density at radius 1 is 0.931 bits per heavy atom. The first-order valence-electron chi connectivity index (χ1n) is 9.83. The van der Waals surface area contributed by atoms with Gasteiger partial charge in [-0.15, -0.1) is 0 Å². The minimum absolute atomic E-state index is 0.208. The predicted octanol–water partition coefficient (Wildman–Crippen LogP) is 6.00. The lowest BCUT2D eigenvalue weighted by Gasteiger charge is -2.19. The third-order valence-corrected chi connectivity index (χ3v) is 4.47. The highest BCUT2D eigenvalue weighted by Gasteiger charge is 2.17. The number of nitrogens with one attached hydrogen (secondary N) is 2. The number of unbranched alkanes of at least 4 members (excludes halogenated alkanes) is 1. The van der Waals surface area contributed by atoms with E-state index in [1.54, 1.807) is 12.1 Å². The van der Waals surface area contributed by atoms with E-state index in [0.717, 1.165) is 24.9 Å². The van der Waals surface area contributed by atoms with Gasteiger partial charge in [0, 0.05) is 13.1 Å². The van der Waals surface area contributed by atoms with Crippen molar-refractivity contribution in [3.63, 3.8) is 0 Å². The Morgan fingerprint density at radius 2 is 1.55 bits per heavy atom. The third-order valence-electron chi connectivity index (χ3n) is 4.47. The van der Waals surface area contributed by atoms with Crippen LogP contribution in [-0.2, 0) is 6.54 Å². The molecule has 29 heavy (non-hydrogen) atoms. The Bertz CT molecular complexity index is 928. The molecule has 5 nitrogen and oxygen atoms in total. The number of carboxylic acids is 1. The lowest BCUT2D eigenvalue weighted by atomic mass is 10.1. The lowest BCUT2D eigenvalue weighted by Crippen LogP contribution is -2.09. The van der Waals surface area contributed by atoms with Gasteiger partial charge in [-0.2, -0.15) is 0 Å². The van der Waals surface area contributed by atoms with Crippen LogP contribution in [0, 0.1) is 0 Å². The Balaban J connectivity index is 1.97. The Hall–Kier alpha value is -3.47. The van der Waals surface area contributed by atoms with E-state index in [4.69, 9.17) is 4.74 Å². The Kier molecular flexibility index (Phi) is 7.11. The van der Waals surface area contributed by atoms with Crippen LogP contribution in [0.25, 0.3) is 0 Å². The summed E-state index contributed by atoms with van der Waals surface area (Å²) < 4.78 is 6.18. The first-order chi connectivity index (χ1) is 14.2. The first-order valence-corrected chi connectivity index (χ1v) is 9.83. The van der Waals surface area contributed by atoms with Crippen LogP contribution in [0.4, 0.5) is 11.4 Å². The van der Waals surface area contributed by atoms with Gasteiger partial charge in [0.1, 0.15) is 5.75 Å². The van der Waals surface area contributed by atoms with Gasteiger partial charge >= 0.3 is 5.97 Å². The maximum Gasteiger partial charge on any atom is 0.335 e. The van der Waals surface area contributed by atoms with E-state index in [1.807, 2.05) is 60.7 Å². The minimum atomic E-state index is -0.974. The molecule has 0 atom stereocenters. The molecular weight excluding hydrogens is 364 g/mol. The van der Waals surface area contributed by atoms with Crippen molar-refractivity contribution < 1.29 is 14.6 Å². The lowest BCUT2D eigenvalue weighted by molar-refractivity contribution is 0.0697. The molecular formula is C24H26N2O3. The number of benzene rings is 3. The van der Waals surface area contributed by atoms with Crippen LogP contribution in [0.5, 0.6) is 11.5 Å². The van der Waals surface area contributed by atoms with Gasteiger partial charge in [-0.05, 0) is 36.2 Å². The monoisotopic (exact) mass is 390 g/mol. The Morgan fingerprint density at radius 3 is 2.17 bits per heavy atom. The van der Waals surface area contributed by atoms with Crippen molar-refractivity contribution in [1.29, 1.82) is 0 Å². The largest absolute Gasteiger partial charge is 0.478 e. The van der Waals surface area contributed by atoms with E-state index < -0.39 is 5.97 Å². The average Bonchev–Trinajstić information content (AvgIpc) is 2.75. The summed E-state index contributed by atoms with van der Waals surface area (Å²) in [7, 11) is 0. The van der Waals surface area contributed by atoms with Gasteiger partial charge in [0.05, 0.1) is 16.9 Å². The normalized spacial score (nSPS) is 10.4. The molecule has 5 heteroatoms. The number of anilines is 2. The highest BCUT2D eigenvalue weighted by Crippen LogP contribution is 2.39. The molecule has 0 saturated carbocycles. The van der Waals surface area contributed by atoms with E-state index in [-0.39, 0.29) is 5.56 Å². The van der Waals surface area contributed by atoms with E-state index in [2.05, 4.69) is 17.6 Å². The molecule has 0 unspecified atom stereocenters. The summed E-state index contributed by atoms with van der Waals surface area (Å²) >= 11 is 0. The second-order valence-electron chi connectivity index (χ2n) is 6.74. The summed E-state index contributed by atoms with van der Waals surface area (Å²) in [6.45, 7) is 3.41. The molecule has 0 aliphatic heterocycles. The van der Waals surface area contributed by atoms with E-state index in [0.29, 0.717) is 29.4 Å².